The zero-order valence-corrected chi connectivity index (χ0v) is 14.6. The van der Waals surface area contributed by atoms with Crippen LogP contribution >= 0.6 is 0 Å². The van der Waals surface area contributed by atoms with Crippen molar-refractivity contribution in [2.75, 3.05) is 6.54 Å². The van der Waals surface area contributed by atoms with Crippen LogP contribution in [0, 0.1) is 0 Å². The van der Waals surface area contributed by atoms with E-state index in [-0.39, 0.29) is 5.91 Å². The minimum atomic E-state index is 0.259. The number of amides is 1. The summed E-state index contributed by atoms with van der Waals surface area (Å²) in [6.45, 7) is 3.37. The molecule has 2 aliphatic carbocycles. The van der Waals surface area contributed by atoms with Gasteiger partial charge in [-0.1, -0.05) is 31.4 Å². The first-order valence-electron chi connectivity index (χ1n) is 9.52. The number of fused-ring (bicyclic) bond motifs is 1. The maximum Gasteiger partial charge on any atom is 0.242 e. The molecule has 1 aromatic carbocycles. The van der Waals surface area contributed by atoms with Crippen molar-refractivity contribution in [3.8, 4) is 0 Å². The molecule has 4 nitrogen and oxygen atoms in total. The normalized spacial score (nSPS) is 18.9. The molecule has 1 heterocycles. The summed E-state index contributed by atoms with van der Waals surface area (Å²) in [6.07, 6.45) is 8.58. The van der Waals surface area contributed by atoms with Crippen molar-refractivity contribution >= 4 is 16.9 Å². The average molecular weight is 325 g/mol. The van der Waals surface area contributed by atoms with Gasteiger partial charge in [-0.05, 0) is 44.7 Å². The molecule has 1 amide bonds. The molecule has 2 saturated carbocycles. The van der Waals surface area contributed by atoms with E-state index in [2.05, 4.69) is 28.5 Å². The highest BCUT2D eigenvalue weighted by Crippen LogP contribution is 2.40. The molecule has 0 aliphatic heterocycles. The van der Waals surface area contributed by atoms with Crippen molar-refractivity contribution in [3.63, 3.8) is 0 Å². The summed E-state index contributed by atoms with van der Waals surface area (Å²) >= 11 is 0. The SMILES string of the molecule is CCN(C(=O)Cn1c(C2CC2)nc2ccccc21)C1CCCCC1. The molecule has 0 spiro atoms. The molecule has 0 atom stereocenters. The fourth-order valence-electron chi connectivity index (χ4n) is 4.17. The van der Waals surface area contributed by atoms with Crippen LogP contribution in [-0.2, 0) is 11.3 Å². The van der Waals surface area contributed by atoms with Gasteiger partial charge in [-0.25, -0.2) is 4.98 Å². The number of carbonyl (C=O) groups is 1. The van der Waals surface area contributed by atoms with E-state index in [0.29, 0.717) is 18.5 Å². The number of imidazole rings is 1. The number of nitrogens with zero attached hydrogens (tertiary/aromatic N) is 3. The van der Waals surface area contributed by atoms with E-state index in [1.165, 1.54) is 44.9 Å². The Morgan fingerprint density at radius 2 is 1.92 bits per heavy atom. The van der Waals surface area contributed by atoms with Crippen LogP contribution in [0.2, 0.25) is 0 Å². The number of likely N-dealkylation sites (N-methyl/N-ethyl adjacent to an activating group) is 1. The van der Waals surface area contributed by atoms with E-state index in [1.807, 2.05) is 12.1 Å². The third-order valence-corrected chi connectivity index (χ3v) is 5.60. The molecule has 128 valence electrons. The van der Waals surface area contributed by atoms with E-state index >= 15 is 0 Å². The minimum Gasteiger partial charge on any atom is -0.338 e. The summed E-state index contributed by atoms with van der Waals surface area (Å²) in [6, 6.07) is 8.66. The lowest BCUT2D eigenvalue weighted by molar-refractivity contribution is -0.134. The summed E-state index contributed by atoms with van der Waals surface area (Å²) in [5, 5.41) is 0. The number of hydrogen-bond acceptors (Lipinski definition) is 2. The van der Waals surface area contributed by atoms with Gasteiger partial charge in [0.15, 0.2) is 0 Å². The summed E-state index contributed by atoms with van der Waals surface area (Å²) in [4.78, 5) is 20.0. The number of hydrogen-bond donors (Lipinski definition) is 0. The quantitative estimate of drug-likeness (QED) is 0.830. The second-order valence-corrected chi connectivity index (χ2v) is 7.29. The van der Waals surface area contributed by atoms with Crippen molar-refractivity contribution in [3.05, 3.63) is 30.1 Å². The topological polar surface area (TPSA) is 38.1 Å². The van der Waals surface area contributed by atoms with Crippen LogP contribution < -0.4 is 0 Å². The van der Waals surface area contributed by atoms with Crippen LogP contribution in [0.1, 0.15) is 63.6 Å². The van der Waals surface area contributed by atoms with E-state index in [1.54, 1.807) is 0 Å². The zero-order chi connectivity index (χ0) is 16.5. The monoisotopic (exact) mass is 325 g/mol. The number of carbonyl (C=O) groups excluding carboxylic acids is 1. The van der Waals surface area contributed by atoms with Crippen molar-refractivity contribution in [2.45, 2.75) is 70.4 Å². The van der Waals surface area contributed by atoms with Gasteiger partial charge in [0.25, 0.3) is 0 Å². The van der Waals surface area contributed by atoms with Crippen LogP contribution in [0.25, 0.3) is 11.0 Å². The van der Waals surface area contributed by atoms with Crippen LogP contribution in [0.3, 0.4) is 0 Å². The number of aromatic nitrogens is 2. The molecule has 4 heteroatoms. The van der Waals surface area contributed by atoms with Gasteiger partial charge in [0, 0.05) is 18.5 Å². The molecule has 2 aromatic rings. The van der Waals surface area contributed by atoms with E-state index in [0.717, 1.165) is 23.4 Å². The van der Waals surface area contributed by atoms with Gasteiger partial charge in [0.2, 0.25) is 5.91 Å². The number of rotatable bonds is 5. The molecule has 0 radical (unpaired) electrons. The lowest BCUT2D eigenvalue weighted by Gasteiger charge is -2.34. The molecule has 0 saturated heterocycles. The van der Waals surface area contributed by atoms with E-state index in [9.17, 15) is 4.79 Å². The molecule has 2 aliphatic rings. The fourth-order valence-corrected chi connectivity index (χ4v) is 4.17. The summed E-state index contributed by atoms with van der Waals surface area (Å²) in [5.41, 5.74) is 2.13. The van der Waals surface area contributed by atoms with Crippen LogP contribution in [0.5, 0.6) is 0 Å². The van der Waals surface area contributed by atoms with Crippen LogP contribution in [0.4, 0.5) is 0 Å². The van der Waals surface area contributed by atoms with Crippen molar-refractivity contribution < 1.29 is 4.79 Å². The molecule has 1 aromatic heterocycles. The predicted octanol–water partition coefficient (Wildman–Crippen LogP) is 4.09. The molecule has 4 rings (SSSR count). The Labute approximate surface area is 143 Å². The minimum absolute atomic E-state index is 0.259. The summed E-state index contributed by atoms with van der Waals surface area (Å²) < 4.78 is 2.18. The maximum atomic E-state index is 13.1. The van der Waals surface area contributed by atoms with Crippen LogP contribution in [-0.4, -0.2) is 32.9 Å². The highest BCUT2D eigenvalue weighted by molar-refractivity contribution is 5.81. The van der Waals surface area contributed by atoms with Crippen molar-refractivity contribution in [1.29, 1.82) is 0 Å². The first-order valence-corrected chi connectivity index (χ1v) is 9.52. The van der Waals surface area contributed by atoms with Gasteiger partial charge in [-0.2, -0.15) is 0 Å². The van der Waals surface area contributed by atoms with Crippen molar-refractivity contribution in [1.82, 2.24) is 14.5 Å². The number of benzene rings is 1. The summed E-state index contributed by atoms with van der Waals surface area (Å²) in [7, 11) is 0. The molecular weight excluding hydrogens is 298 g/mol. The Morgan fingerprint density at radius 1 is 1.17 bits per heavy atom. The maximum absolute atomic E-state index is 13.1. The van der Waals surface area contributed by atoms with Gasteiger partial charge in [0.05, 0.1) is 11.0 Å². The third kappa shape index (κ3) is 2.94. The average Bonchev–Trinajstić information content (AvgIpc) is 3.40. The lowest BCUT2D eigenvalue weighted by Crippen LogP contribution is -2.43. The molecule has 0 N–H and O–H groups in total. The smallest absolute Gasteiger partial charge is 0.242 e. The molecule has 24 heavy (non-hydrogen) atoms. The Morgan fingerprint density at radius 3 is 2.62 bits per heavy atom. The second-order valence-electron chi connectivity index (χ2n) is 7.29. The van der Waals surface area contributed by atoms with Crippen LogP contribution in [0.15, 0.2) is 24.3 Å². The Kier molecular flexibility index (Phi) is 4.30. The standard InChI is InChI=1S/C20H27N3O/c1-2-22(16-8-4-3-5-9-16)19(24)14-23-18-11-7-6-10-17(18)21-20(23)15-12-13-15/h6-7,10-11,15-16H,2-5,8-9,12-14H2,1H3. The second kappa shape index (κ2) is 6.58. The largest absolute Gasteiger partial charge is 0.338 e. The lowest BCUT2D eigenvalue weighted by atomic mass is 9.94. The molecule has 2 fully saturated rings. The zero-order valence-electron chi connectivity index (χ0n) is 14.6. The van der Waals surface area contributed by atoms with Gasteiger partial charge >= 0.3 is 0 Å². The predicted molar refractivity (Wildman–Crippen MR) is 96.0 cm³/mol. The highest BCUT2D eigenvalue weighted by Gasteiger charge is 2.31. The number of para-hydroxylation sites is 2. The molecule has 0 bridgehead atoms. The first kappa shape index (κ1) is 15.7. The van der Waals surface area contributed by atoms with E-state index in [4.69, 9.17) is 4.98 Å². The molecule has 0 unspecified atom stereocenters. The Balaban J connectivity index is 1.60. The Bertz CT molecular complexity index is 726. The van der Waals surface area contributed by atoms with Gasteiger partial charge in [-0.3, -0.25) is 4.79 Å². The first-order chi connectivity index (χ1) is 11.8. The molecular formula is C20H27N3O. The van der Waals surface area contributed by atoms with Gasteiger partial charge in [-0.15, -0.1) is 0 Å². The van der Waals surface area contributed by atoms with Gasteiger partial charge in [0.1, 0.15) is 12.4 Å². The summed E-state index contributed by atoms with van der Waals surface area (Å²) in [5.74, 6) is 1.92. The fraction of sp³-hybridized carbons (Fsp3) is 0.600. The highest BCUT2D eigenvalue weighted by atomic mass is 16.2. The van der Waals surface area contributed by atoms with E-state index < -0.39 is 0 Å². The third-order valence-electron chi connectivity index (χ3n) is 5.60. The van der Waals surface area contributed by atoms with Crippen molar-refractivity contribution in [2.24, 2.45) is 0 Å². The Hall–Kier alpha value is -1.84. The van der Waals surface area contributed by atoms with Gasteiger partial charge < -0.3 is 9.47 Å².